The summed E-state index contributed by atoms with van der Waals surface area (Å²) >= 11 is 0. The first-order valence-corrected chi connectivity index (χ1v) is 9.59. The predicted molar refractivity (Wildman–Crippen MR) is 111 cm³/mol. The standard InChI is InChI=1S/C20H22FN7O3/c1-11(29)24-9-15-10-27(20(30)31-15)14-6-7-16(17(21)8-14)12-2-4-13(5-3-12)18(22)19-25-26-28(19)23/h2-8,15,18,26H,9-10,22-23H2,1H3,(H,24,29)/t15-,18?/m0/s1. The number of halogens is 1. The molecule has 1 aliphatic rings. The van der Waals surface area contributed by atoms with Crippen LogP contribution in [0.15, 0.2) is 42.5 Å². The van der Waals surface area contributed by atoms with E-state index in [9.17, 15) is 14.0 Å². The van der Waals surface area contributed by atoms with Gasteiger partial charge in [-0.25, -0.2) is 9.18 Å². The molecule has 1 saturated heterocycles. The molecular formula is C20H22FN7O3. The Bertz CT molecular complexity index is 1110. The fourth-order valence-corrected chi connectivity index (χ4v) is 3.41. The number of hydrogen-bond donors (Lipinski definition) is 4. The molecule has 0 spiro atoms. The molecule has 0 bridgehead atoms. The minimum absolute atomic E-state index is 0.205. The highest BCUT2D eigenvalue weighted by molar-refractivity contribution is 5.90. The van der Waals surface area contributed by atoms with Crippen molar-refractivity contribution < 1.29 is 18.7 Å². The summed E-state index contributed by atoms with van der Waals surface area (Å²) in [4.78, 5) is 25.7. The second kappa shape index (κ2) is 8.11. The van der Waals surface area contributed by atoms with E-state index in [1.54, 1.807) is 36.4 Å². The number of carbonyl (C=O) groups is 2. The van der Waals surface area contributed by atoms with Crippen LogP contribution >= 0.6 is 0 Å². The number of hydrogen-bond acceptors (Lipinski definition) is 6. The maximum absolute atomic E-state index is 14.9. The number of nitrogens with two attached hydrogens (primary N) is 2. The highest BCUT2D eigenvalue weighted by atomic mass is 19.1. The monoisotopic (exact) mass is 427 g/mol. The maximum atomic E-state index is 14.9. The number of nitrogens with one attached hydrogen (secondary N) is 2. The van der Waals surface area contributed by atoms with Gasteiger partial charge in [0, 0.05) is 12.5 Å². The van der Waals surface area contributed by atoms with Gasteiger partial charge in [-0.05, 0) is 29.3 Å². The van der Waals surface area contributed by atoms with E-state index in [4.69, 9.17) is 16.3 Å². The number of H-pyrrole nitrogens is 1. The Labute approximate surface area is 176 Å². The van der Waals surface area contributed by atoms with Crippen molar-refractivity contribution >= 4 is 17.7 Å². The van der Waals surface area contributed by atoms with Crippen molar-refractivity contribution in [3.8, 4) is 11.1 Å². The molecule has 2 amide bonds. The molecular weight excluding hydrogens is 405 g/mol. The Morgan fingerprint density at radius 2 is 2.10 bits per heavy atom. The topological polar surface area (TPSA) is 144 Å². The molecule has 1 unspecified atom stereocenters. The number of nitrogens with zero attached hydrogens (tertiary/aromatic N) is 3. The smallest absolute Gasteiger partial charge is 0.414 e. The molecule has 6 N–H and O–H groups in total. The van der Waals surface area contributed by atoms with Crippen LogP contribution in [0.25, 0.3) is 11.1 Å². The summed E-state index contributed by atoms with van der Waals surface area (Å²) in [5.74, 6) is 5.43. The Hall–Kier alpha value is -3.86. The number of nitrogen functional groups attached to an aromatic ring is 1. The fraction of sp³-hybridized carbons (Fsp3) is 0.250. The van der Waals surface area contributed by atoms with E-state index in [1.165, 1.54) is 22.7 Å². The van der Waals surface area contributed by atoms with E-state index in [1.807, 2.05) is 0 Å². The van der Waals surface area contributed by atoms with Crippen molar-refractivity contribution in [3.63, 3.8) is 0 Å². The van der Waals surface area contributed by atoms with Crippen molar-refractivity contribution in [2.45, 2.75) is 19.1 Å². The van der Waals surface area contributed by atoms with Crippen LogP contribution in [-0.4, -0.2) is 46.3 Å². The van der Waals surface area contributed by atoms with E-state index >= 15 is 0 Å². The summed E-state index contributed by atoms with van der Waals surface area (Å²) in [5, 5.41) is 9.04. The van der Waals surface area contributed by atoms with Crippen LogP contribution in [0.4, 0.5) is 14.9 Å². The van der Waals surface area contributed by atoms with Gasteiger partial charge in [-0.3, -0.25) is 9.69 Å². The average Bonchev–Trinajstić information content (AvgIpc) is 3.11. The zero-order valence-corrected chi connectivity index (χ0v) is 16.7. The second-order valence-corrected chi connectivity index (χ2v) is 7.26. The van der Waals surface area contributed by atoms with Gasteiger partial charge in [0.1, 0.15) is 11.9 Å². The number of aromatic amines is 1. The number of amides is 2. The third-order valence-electron chi connectivity index (χ3n) is 5.10. The quantitative estimate of drug-likeness (QED) is 0.436. The predicted octanol–water partition coefficient (Wildman–Crippen LogP) is 1.24. The third-order valence-corrected chi connectivity index (χ3v) is 5.10. The van der Waals surface area contributed by atoms with Crippen LogP contribution in [-0.2, 0) is 9.53 Å². The van der Waals surface area contributed by atoms with Gasteiger partial charge in [0.25, 0.3) is 0 Å². The summed E-state index contributed by atoms with van der Waals surface area (Å²) in [6, 6.07) is 11.1. The molecule has 2 heterocycles. The first-order valence-electron chi connectivity index (χ1n) is 9.59. The zero-order valence-electron chi connectivity index (χ0n) is 16.7. The lowest BCUT2D eigenvalue weighted by molar-refractivity contribution is -0.119. The van der Waals surface area contributed by atoms with Crippen LogP contribution in [0, 0.1) is 5.82 Å². The summed E-state index contributed by atoms with van der Waals surface area (Å²) in [7, 11) is 0. The van der Waals surface area contributed by atoms with Gasteiger partial charge < -0.3 is 21.6 Å². The van der Waals surface area contributed by atoms with E-state index in [0.717, 1.165) is 5.56 Å². The Kier molecular flexibility index (Phi) is 5.34. The van der Waals surface area contributed by atoms with Crippen LogP contribution in [0.3, 0.4) is 0 Å². The summed E-state index contributed by atoms with van der Waals surface area (Å²) < 4.78 is 20.1. The molecule has 1 aliphatic heterocycles. The van der Waals surface area contributed by atoms with Crippen LogP contribution in [0.5, 0.6) is 0 Å². The van der Waals surface area contributed by atoms with Gasteiger partial charge in [0.2, 0.25) is 5.91 Å². The minimum Gasteiger partial charge on any atom is -0.442 e. The van der Waals surface area contributed by atoms with Crippen molar-refractivity contribution in [1.29, 1.82) is 0 Å². The Morgan fingerprint density at radius 1 is 1.35 bits per heavy atom. The molecule has 3 aromatic rings. The summed E-state index contributed by atoms with van der Waals surface area (Å²) in [5.41, 5.74) is 8.33. The molecule has 31 heavy (non-hydrogen) atoms. The molecule has 1 aromatic heterocycles. The van der Waals surface area contributed by atoms with Gasteiger partial charge in [0.15, 0.2) is 5.82 Å². The van der Waals surface area contributed by atoms with Crippen LogP contribution < -0.4 is 21.8 Å². The molecule has 0 radical (unpaired) electrons. The van der Waals surface area contributed by atoms with E-state index < -0.39 is 24.1 Å². The minimum atomic E-state index is -0.580. The Morgan fingerprint density at radius 3 is 2.68 bits per heavy atom. The van der Waals surface area contributed by atoms with Crippen molar-refractivity contribution in [2.75, 3.05) is 23.8 Å². The molecule has 4 rings (SSSR count). The second-order valence-electron chi connectivity index (χ2n) is 7.26. The van der Waals surface area contributed by atoms with Gasteiger partial charge in [-0.2, -0.15) is 10.0 Å². The van der Waals surface area contributed by atoms with Gasteiger partial charge in [-0.1, -0.05) is 24.3 Å². The highest BCUT2D eigenvalue weighted by Crippen LogP contribution is 2.30. The fourth-order valence-electron chi connectivity index (χ4n) is 3.41. The molecule has 2 atom stereocenters. The van der Waals surface area contributed by atoms with Gasteiger partial charge in [0.05, 0.1) is 24.8 Å². The Balaban J connectivity index is 1.48. The third kappa shape index (κ3) is 4.08. The van der Waals surface area contributed by atoms with Gasteiger partial charge in [-0.15, -0.1) is 5.10 Å². The number of ether oxygens (including phenoxy) is 1. The van der Waals surface area contributed by atoms with Crippen LogP contribution in [0.1, 0.15) is 24.4 Å². The summed E-state index contributed by atoms with van der Waals surface area (Å²) in [6.45, 7) is 1.81. The highest BCUT2D eigenvalue weighted by Gasteiger charge is 2.32. The van der Waals surface area contributed by atoms with Crippen LogP contribution in [0.2, 0.25) is 0 Å². The van der Waals surface area contributed by atoms with E-state index in [-0.39, 0.29) is 19.0 Å². The lowest BCUT2D eigenvalue weighted by Crippen LogP contribution is -2.33. The number of cyclic esters (lactones) is 1. The number of benzene rings is 2. The van der Waals surface area contributed by atoms with Crippen molar-refractivity contribution in [1.82, 2.24) is 20.4 Å². The first kappa shape index (κ1) is 20.4. The molecule has 10 nitrogen and oxygen atoms in total. The zero-order chi connectivity index (χ0) is 22.1. The molecule has 0 saturated carbocycles. The number of aromatic nitrogens is 3. The largest absolute Gasteiger partial charge is 0.442 e. The number of rotatable bonds is 6. The molecule has 2 aromatic carbocycles. The molecule has 162 valence electrons. The maximum Gasteiger partial charge on any atom is 0.414 e. The average molecular weight is 427 g/mol. The first-order chi connectivity index (χ1) is 14.8. The normalized spacial score (nSPS) is 16.9. The molecule has 11 heteroatoms. The van der Waals surface area contributed by atoms with Crippen molar-refractivity contribution in [3.05, 3.63) is 59.7 Å². The summed E-state index contributed by atoms with van der Waals surface area (Å²) in [6.07, 6.45) is -1.07. The van der Waals surface area contributed by atoms with Gasteiger partial charge >= 0.3 is 6.09 Å². The number of anilines is 1. The molecule has 0 aliphatic carbocycles. The van der Waals surface area contributed by atoms with Crippen molar-refractivity contribution in [2.24, 2.45) is 5.73 Å². The van der Waals surface area contributed by atoms with E-state index in [2.05, 4.69) is 15.6 Å². The lowest BCUT2D eigenvalue weighted by Gasteiger charge is -2.17. The SMILES string of the molecule is CC(=O)NC[C@H]1CN(c2ccc(-c3ccc(C(N)c4n[nH]n4N)cc3)c(F)c2)C(=O)O1. The molecule has 1 fully saturated rings. The lowest BCUT2D eigenvalue weighted by atomic mass is 10.00. The number of carbonyl (C=O) groups excluding carboxylic acids is 2. The van der Waals surface area contributed by atoms with E-state index in [0.29, 0.717) is 22.6 Å².